The molecule has 88 valence electrons. The number of hydrogen-bond acceptors (Lipinski definition) is 4. The Hall–Kier alpha value is -0.473. The van der Waals surface area contributed by atoms with E-state index in [0.717, 1.165) is 11.5 Å². The van der Waals surface area contributed by atoms with Gasteiger partial charge in [0.2, 0.25) is 0 Å². The summed E-state index contributed by atoms with van der Waals surface area (Å²) in [6, 6.07) is 6.65. The van der Waals surface area contributed by atoms with Gasteiger partial charge < -0.3 is 8.74 Å². The van der Waals surface area contributed by atoms with Gasteiger partial charge in [-0.2, -0.15) is 0 Å². The molecule has 4 nitrogen and oxygen atoms in total. The van der Waals surface area contributed by atoms with Gasteiger partial charge >= 0.3 is 18.9 Å². The van der Waals surface area contributed by atoms with E-state index in [0.29, 0.717) is 5.92 Å². The zero-order chi connectivity index (χ0) is 11.8. The van der Waals surface area contributed by atoms with Crippen LogP contribution in [0.4, 0.5) is 0 Å². The van der Waals surface area contributed by atoms with Gasteiger partial charge in [0, 0.05) is 0 Å². The molecule has 1 fully saturated rings. The minimum absolute atomic E-state index is 0. The Bertz CT molecular complexity index is 465. The second-order valence-corrected chi connectivity index (χ2v) is 5.17. The standard InChI is InChI=1S/C11H14O4S.Li/c1-8(9-2-3-9)10-4-6-11(7-5-10)15-16(12,13)14;/h4-9H,2-3H2,1H3,(H,12,13,14);/q;+1/p-1. The molecule has 6 heteroatoms. The predicted molar refractivity (Wildman–Crippen MR) is 57.9 cm³/mol. The third-order valence-corrected chi connectivity index (χ3v) is 3.33. The first-order chi connectivity index (χ1) is 7.46. The summed E-state index contributed by atoms with van der Waals surface area (Å²) in [6.07, 6.45) is 2.52. The van der Waals surface area contributed by atoms with Gasteiger partial charge in [0.1, 0.15) is 5.75 Å². The summed E-state index contributed by atoms with van der Waals surface area (Å²) in [5.41, 5.74) is 1.15. The Morgan fingerprint density at radius 3 is 2.24 bits per heavy atom. The molecule has 1 unspecified atom stereocenters. The van der Waals surface area contributed by atoms with Gasteiger partial charge in [-0.05, 0) is 42.4 Å². The maximum Gasteiger partial charge on any atom is 1.00 e. The molecular weight excluding hydrogens is 235 g/mol. The summed E-state index contributed by atoms with van der Waals surface area (Å²) in [6.45, 7) is 2.15. The molecule has 0 aliphatic heterocycles. The molecule has 0 saturated heterocycles. The molecule has 1 aromatic rings. The normalized spacial score (nSPS) is 17.1. The monoisotopic (exact) mass is 248 g/mol. The van der Waals surface area contributed by atoms with Crippen LogP contribution in [0.5, 0.6) is 5.75 Å². The number of benzene rings is 1. The van der Waals surface area contributed by atoms with Crippen LogP contribution in [-0.4, -0.2) is 13.0 Å². The molecule has 0 amide bonds. The quantitative estimate of drug-likeness (QED) is 0.391. The van der Waals surface area contributed by atoms with Gasteiger partial charge in [-0.25, -0.2) is 8.42 Å². The van der Waals surface area contributed by atoms with Crippen LogP contribution in [0.2, 0.25) is 0 Å². The average molecular weight is 248 g/mol. The summed E-state index contributed by atoms with van der Waals surface area (Å²) in [5, 5.41) is 0. The Labute approximate surface area is 113 Å². The fourth-order valence-corrected chi connectivity index (χ4v) is 2.16. The third kappa shape index (κ3) is 4.36. The predicted octanol–water partition coefficient (Wildman–Crippen LogP) is -0.957. The van der Waals surface area contributed by atoms with E-state index in [1.807, 2.05) is 12.1 Å². The van der Waals surface area contributed by atoms with E-state index in [9.17, 15) is 13.0 Å². The zero-order valence-electron chi connectivity index (χ0n) is 9.92. The van der Waals surface area contributed by atoms with Crippen molar-refractivity contribution >= 4 is 10.4 Å². The fourth-order valence-electron chi connectivity index (χ4n) is 1.81. The third-order valence-electron chi connectivity index (χ3n) is 2.93. The largest absolute Gasteiger partial charge is 1.00 e. The van der Waals surface area contributed by atoms with Gasteiger partial charge in [0.15, 0.2) is 0 Å². The second-order valence-electron chi connectivity index (χ2n) is 4.19. The Morgan fingerprint density at radius 1 is 1.29 bits per heavy atom. The molecule has 1 aliphatic carbocycles. The van der Waals surface area contributed by atoms with Crippen LogP contribution >= 0.6 is 0 Å². The van der Waals surface area contributed by atoms with Crippen molar-refractivity contribution in [2.24, 2.45) is 5.92 Å². The first kappa shape index (κ1) is 14.6. The van der Waals surface area contributed by atoms with E-state index in [2.05, 4.69) is 11.1 Å². The molecule has 0 heterocycles. The smallest absolute Gasteiger partial charge is 0.716 e. The molecule has 0 N–H and O–H groups in total. The summed E-state index contributed by atoms with van der Waals surface area (Å²) in [5.74, 6) is 1.30. The molecular formula is C11H13LiO4S. The minimum atomic E-state index is -4.66. The summed E-state index contributed by atoms with van der Waals surface area (Å²) in [7, 11) is -4.66. The van der Waals surface area contributed by atoms with Crippen LogP contribution in [0.1, 0.15) is 31.2 Å². The first-order valence-corrected chi connectivity index (χ1v) is 6.54. The molecule has 1 saturated carbocycles. The van der Waals surface area contributed by atoms with E-state index in [4.69, 9.17) is 0 Å². The Kier molecular flexibility index (Phi) is 4.67. The molecule has 0 bridgehead atoms. The van der Waals surface area contributed by atoms with Gasteiger partial charge in [0.05, 0.1) is 0 Å². The van der Waals surface area contributed by atoms with Crippen molar-refractivity contribution in [1.29, 1.82) is 0 Å². The number of hydrogen-bond donors (Lipinski definition) is 0. The van der Waals surface area contributed by atoms with Crippen molar-refractivity contribution in [1.82, 2.24) is 0 Å². The van der Waals surface area contributed by atoms with Crippen LogP contribution in [-0.2, 0) is 10.4 Å². The Morgan fingerprint density at radius 2 is 1.82 bits per heavy atom. The second kappa shape index (κ2) is 5.45. The molecule has 0 radical (unpaired) electrons. The van der Waals surface area contributed by atoms with Crippen molar-refractivity contribution < 1.29 is 36.0 Å². The van der Waals surface area contributed by atoms with Crippen molar-refractivity contribution in [3.63, 3.8) is 0 Å². The fraction of sp³-hybridized carbons (Fsp3) is 0.455. The van der Waals surface area contributed by atoms with Crippen molar-refractivity contribution in [2.75, 3.05) is 0 Å². The topological polar surface area (TPSA) is 66.4 Å². The maximum atomic E-state index is 10.4. The number of rotatable bonds is 4. The summed E-state index contributed by atoms with van der Waals surface area (Å²) >= 11 is 0. The zero-order valence-corrected chi connectivity index (χ0v) is 10.7. The van der Waals surface area contributed by atoms with Crippen LogP contribution in [0.25, 0.3) is 0 Å². The molecule has 0 spiro atoms. The maximum absolute atomic E-state index is 10.4. The Balaban J connectivity index is 0.00000144. The average Bonchev–Trinajstić information content (AvgIpc) is 2.98. The van der Waals surface area contributed by atoms with Crippen LogP contribution < -0.4 is 23.0 Å². The van der Waals surface area contributed by atoms with Gasteiger partial charge in [-0.15, -0.1) is 0 Å². The molecule has 2 rings (SSSR count). The van der Waals surface area contributed by atoms with E-state index in [1.165, 1.54) is 25.0 Å². The van der Waals surface area contributed by atoms with E-state index in [1.54, 1.807) is 0 Å². The van der Waals surface area contributed by atoms with Gasteiger partial charge in [-0.3, -0.25) is 0 Å². The van der Waals surface area contributed by atoms with Crippen LogP contribution in [0.3, 0.4) is 0 Å². The SMILES string of the molecule is CC(c1ccc(OS(=O)(=O)[O-])cc1)C1CC1.[Li+]. The van der Waals surface area contributed by atoms with Crippen LogP contribution in [0.15, 0.2) is 24.3 Å². The molecule has 17 heavy (non-hydrogen) atoms. The van der Waals surface area contributed by atoms with Crippen molar-refractivity contribution in [2.45, 2.75) is 25.7 Å². The van der Waals surface area contributed by atoms with Gasteiger partial charge in [-0.1, -0.05) is 19.1 Å². The molecule has 0 aromatic heterocycles. The van der Waals surface area contributed by atoms with Crippen molar-refractivity contribution in [3.05, 3.63) is 29.8 Å². The van der Waals surface area contributed by atoms with E-state index in [-0.39, 0.29) is 24.6 Å². The molecule has 1 atom stereocenters. The summed E-state index contributed by atoms with van der Waals surface area (Å²) in [4.78, 5) is 0. The van der Waals surface area contributed by atoms with E-state index >= 15 is 0 Å². The summed E-state index contributed by atoms with van der Waals surface area (Å²) < 4.78 is 35.3. The van der Waals surface area contributed by atoms with Gasteiger partial charge in [0.25, 0.3) is 10.4 Å². The van der Waals surface area contributed by atoms with Crippen molar-refractivity contribution in [3.8, 4) is 5.75 Å². The van der Waals surface area contributed by atoms with E-state index < -0.39 is 10.4 Å². The first-order valence-electron chi connectivity index (χ1n) is 5.21. The minimum Gasteiger partial charge on any atom is -0.716 e. The molecule has 1 aromatic carbocycles. The van der Waals surface area contributed by atoms with Crippen LogP contribution in [0, 0.1) is 5.92 Å². The molecule has 1 aliphatic rings.